The van der Waals surface area contributed by atoms with E-state index in [1.165, 1.54) is 6.07 Å². The van der Waals surface area contributed by atoms with E-state index in [0.29, 0.717) is 6.04 Å². The minimum absolute atomic E-state index is 0.0589. The molecule has 7 heteroatoms. The lowest BCUT2D eigenvalue weighted by molar-refractivity contribution is -0.118. The Balaban J connectivity index is 1.53. The van der Waals surface area contributed by atoms with Gasteiger partial charge in [-0.15, -0.1) is 12.6 Å². The quantitative estimate of drug-likeness (QED) is 0.610. The van der Waals surface area contributed by atoms with Crippen LogP contribution in [0.25, 0.3) is 0 Å². The van der Waals surface area contributed by atoms with Crippen molar-refractivity contribution in [1.29, 1.82) is 0 Å². The van der Waals surface area contributed by atoms with Crippen LogP contribution in [0.15, 0.2) is 53.4 Å². The fourth-order valence-electron chi connectivity index (χ4n) is 4.12. The Bertz CT molecular complexity index is 833. The van der Waals surface area contributed by atoms with Gasteiger partial charge in [-0.2, -0.15) is 0 Å². The molecular weight excluding hydrogens is 363 g/mol. The number of thiol groups is 1. The molecule has 2 aliphatic rings. The number of hydrogen-bond acceptors (Lipinski definition) is 5. The normalized spacial score (nSPS) is 25.2. The van der Waals surface area contributed by atoms with Crippen LogP contribution in [0, 0.1) is 5.82 Å². The molecule has 3 atom stereocenters. The maximum atomic E-state index is 13.8. The molecule has 0 spiro atoms. The Morgan fingerprint density at radius 2 is 2.07 bits per heavy atom. The molecule has 2 aliphatic heterocycles. The van der Waals surface area contributed by atoms with E-state index in [2.05, 4.69) is 33.5 Å². The van der Waals surface area contributed by atoms with Crippen LogP contribution in [0.2, 0.25) is 0 Å². The van der Waals surface area contributed by atoms with Gasteiger partial charge in [-0.1, -0.05) is 18.2 Å². The number of fused-ring (bicyclic) bond motifs is 1. The Kier molecular flexibility index (Phi) is 5.45. The SMILES string of the molecule is O=C(CN1CCC2NCNC2C1c1cccc(F)c1)Nc1cccc(S)c1. The van der Waals surface area contributed by atoms with Crippen LogP contribution in [0.5, 0.6) is 0 Å². The molecular formula is C20H23FN4OS. The van der Waals surface area contributed by atoms with Gasteiger partial charge in [-0.25, -0.2) is 4.39 Å². The number of hydrogen-bond donors (Lipinski definition) is 4. The molecule has 4 rings (SSSR count). The third-order valence-corrected chi connectivity index (χ3v) is 5.54. The van der Waals surface area contributed by atoms with Gasteiger partial charge in [0.15, 0.2) is 0 Å². The van der Waals surface area contributed by atoms with Crippen LogP contribution in [-0.4, -0.2) is 42.6 Å². The number of nitrogens with zero attached hydrogens (tertiary/aromatic N) is 1. The predicted octanol–water partition coefficient (Wildman–Crippen LogP) is 2.39. The van der Waals surface area contributed by atoms with Gasteiger partial charge in [-0.3, -0.25) is 20.3 Å². The summed E-state index contributed by atoms with van der Waals surface area (Å²) in [6.07, 6.45) is 0.947. The second kappa shape index (κ2) is 7.98. The minimum atomic E-state index is -0.254. The number of anilines is 1. The fraction of sp³-hybridized carbons (Fsp3) is 0.350. The average Bonchev–Trinajstić information content (AvgIpc) is 3.10. The molecule has 27 heavy (non-hydrogen) atoms. The first-order valence-corrected chi connectivity index (χ1v) is 9.60. The molecule has 5 nitrogen and oxygen atoms in total. The molecule has 2 aromatic carbocycles. The van der Waals surface area contributed by atoms with Gasteiger partial charge >= 0.3 is 0 Å². The lowest BCUT2D eigenvalue weighted by Crippen LogP contribution is -2.54. The molecule has 2 fully saturated rings. The van der Waals surface area contributed by atoms with Gasteiger partial charge in [0.25, 0.3) is 0 Å². The molecule has 1 amide bonds. The molecule has 3 unspecified atom stereocenters. The first-order valence-electron chi connectivity index (χ1n) is 9.15. The van der Waals surface area contributed by atoms with Crippen molar-refractivity contribution in [3.05, 3.63) is 59.9 Å². The monoisotopic (exact) mass is 386 g/mol. The molecule has 3 N–H and O–H groups in total. The van der Waals surface area contributed by atoms with Crippen molar-refractivity contribution in [1.82, 2.24) is 15.5 Å². The molecule has 0 bridgehead atoms. The molecule has 0 radical (unpaired) electrons. The Morgan fingerprint density at radius 3 is 2.89 bits per heavy atom. The van der Waals surface area contributed by atoms with Crippen LogP contribution in [0.1, 0.15) is 18.0 Å². The van der Waals surface area contributed by atoms with Gasteiger partial charge in [-0.05, 0) is 42.3 Å². The summed E-state index contributed by atoms with van der Waals surface area (Å²) in [7, 11) is 0. The zero-order valence-electron chi connectivity index (χ0n) is 14.9. The van der Waals surface area contributed by atoms with Crippen molar-refractivity contribution in [2.75, 3.05) is 25.1 Å². The standard InChI is InChI=1S/C20H23FN4OS/c21-14-4-1-3-13(9-14)20-19-17(22-12-23-19)7-8-25(20)11-18(26)24-15-5-2-6-16(27)10-15/h1-6,9-10,17,19-20,22-23,27H,7-8,11-12H2,(H,24,26). The van der Waals surface area contributed by atoms with Gasteiger partial charge < -0.3 is 5.32 Å². The first kappa shape index (κ1) is 18.4. The van der Waals surface area contributed by atoms with Gasteiger partial charge in [0.1, 0.15) is 5.82 Å². The number of benzene rings is 2. The number of nitrogens with one attached hydrogen (secondary N) is 3. The summed E-state index contributed by atoms with van der Waals surface area (Å²) in [5.41, 5.74) is 1.62. The van der Waals surface area contributed by atoms with Crippen molar-refractivity contribution >= 4 is 24.2 Å². The number of rotatable bonds is 4. The number of amides is 1. The average molecular weight is 386 g/mol. The Hall–Kier alpha value is -1.93. The summed E-state index contributed by atoms with van der Waals surface area (Å²) in [5.74, 6) is -0.338. The molecule has 2 aromatic rings. The summed E-state index contributed by atoms with van der Waals surface area (Å²) < 4.78 is 13.8. The summed E-state index contributed by atoms with van der Waals surface area (Å²) in [6, 6.07) is 14.5. The van der Waals surface area contributed by atoms with Crippen LogP contribution < -0.4 is 16.0 Å². The summed E-state index contributed by atoms with van der Waals surface area (Å²) in [5, 5.41) is 9.86. The van der Waals surface area contributed by atoms with E-state index in [0.717, 1.165) is 35.8 Å². The predicted molar refractivity (Wildman–Crippen MR) is 106 cm³/mol. The number of likely N-dealkylation sites (tertiary alicyclic amines) is 1. The third kappa shape index (κ3) is 4.16. The van der Waals surface area contributed by atoms with Crippen molar-refractivity contribution in [3.8, 4) is 0 Å². The number of halogens is 1. The van der Waals surface area contributed by atoms with Gasteiger partial charge in [0, 0.05) is 35.9 Å². The zero-order valence-corrected chi connectivity index (χ0v) is 15.8. The highest BCUT2D eigenvalue weighted by Crippen LogP contribution is 2.33. The van der Waals surface area contributed by atoms with E-state index in [9.17, 15) is 9.18 Å². The van der Waals surface area contributed by atoms with Crippen molar-refractivity contribution in [2.45, 2.75) is 29.4 Å². The molecule has 0 aliphatic carbocycles. The van der Waals surface area contributed by atoms with Crippen molar-refractivity contribution in [3.63, 3.8) is 0 Å². The lowest BCUT2D eigenvalue weighted by Gasteiger charge is -2.42. The fourth-order valence-corrected chi connectivity index (χ4v) is 4.34. The first-order chi connectivity index (χ1) is 13.1. The molecule has 142 valence electrons. The second-order valence-electron chi connectivity index (χ2n) is 7.07. The van der Waals surface area contributed by atoms with E-state index >= 15 is 0 Å². The third-order valence-electron chi connectivity index (χ3n) is 5.26. The summed E-state index contributed by atoms with van der Waals surface area (Å²) >= 11 is 4.31. The Labute approximate surface area is 163 Å². The molecule has 2 heterocycles. The maximum Gasteiger partial charge on any atom is 0.238 e. The summed E-state index contributed by atoms with van der Waals surface area (Å²) in [6.45, 7) is 1.76. The van der Waals surface area contributed by atoms with E-state index in [1.54, 1.807) is 12.1 Å². The highest BCUT2D eigenvalue weighted by molar-refractivity contribution is 7.80. The highest BCUT2D eigenvalue weighted by Gasteiger charge is 2.41. The topological polar surface area (TPSA) is 56.4 Å². The van der Waals surface area contributed by atoms with Crippen LogP contribution >= 0.6 is 12.6 Å². The van der Waals surface area contributed by atoms with Crippen LogP contribution in [-0.2, 0) is 4.79 Å². The van der Waals surface area contributed by atoms with Crippen LogP contribution in [0.4, 0.5) is 10.1 Å². The number of piperidine rings is 1. The molecule has 0 saturated carbocycles. The molecule has 0 aromatic heterocycles. The maximum absolute atomic E-state index is 13.8. The van der Waals surface area contributed by atoms with Gasteiger partial charge in [0.2, 0.25) is 5.91 Å². The van der Waals surface area contributed by atoms with Gasteiger partial charge in [0.05, 0.1) is 12.6 Å². The smallest absolute Gasteiger partial charge is 0.238 e. The highest BCUT2D eigenvalue weighted by atomic mass is 32.1. The summed E-state index contributed by atoms with van der Waals surface area (Å²) in [4.78, 5) is 15.6. The van der Waals surface area contributed by atoms with Crippen molar-refractivity contribution < 1.29 is 9.18 Å². The van der Waals surface area contributed by atoms with Crippen LogP contribution in [0.3, 0.4) is 0 Å². The number of carbonyl (C=O) groups excluding carboxylic acids is 1. The van der Waals surface area contributed by atoms with Crippen molar-refractivity contribution in [2.24, 2.45) is 0 Å². The van der Waals surface area contributed by atoms with E-state index in [4.69, 9.17) is 0 Å². The minimum Gasteiger partial charge on any atom is -0.325 e. The zero-order chi connectivity index (χ0) is 18.8. The Morgan fingerprint density at radius 1 is 1.22 bits per heavy atom. The second-order valence-corrected chi connectivity index (χ2v) is 7.59. The van der Waals surface area contributed by atoms with E-state index in [-0.39, 0.29) is 30.4 Å². The van der Waals surface area contributed by atoms with E-state index in [1.807, 2.05) is 30.3 Å². The largest absolute Gasteiger partial charge is 0.325 e. The lowest BCUT2D eigenvalue weighted by atomic mass is 9.87. The van der Waals surface area contributed by atoms with E-state index < -0.39 is 0 Å². The number of carbonyl (C=O) groups is 1. The molecule has 2 saturated heterocycles.